The minimum atomic E-state index is -4.35. The molecule has 2 aromatic rings. The Morgan fingerprint density at radius 2 is 1.81 bits per heavy atom. The molecule has 142 valence electrons. The summed E-state index contributed by atoms with van der Waals surface area (Å²) in [4.78, 5) is 4.69. The molecule has 0 bridgehead atoms. The van der Waals surface area contributed by atoms with Crippen molar-refractivity contribution in [3.63, 3.8) is 0 Å². The van der Waals surface area contributed by atoms with Gasteiger partial charge in [-0.05, 0) is 67.3 Å². The van der Waals surface area contributed by atoms with Crippen LogP contribution < -0.4 is 0 Å². The molecule has 0 saturated heterocycles. The molecular formula is C22H22F3NO. The van der Waals surface area contributed by atoms with Gasteiger partial charge in [-0.25, -0.2) is 0 Å². The molecule has 0 radical (unpaired) electrons. The van der Waals surface area contributed by atoms with E-state index in [1.807, 2.05) is 6.20 Å². The molecule has 1 atom stereocenters. The van der Waals surface area contributed by atoms with Crippen molar-refractivity contribution >= 4 is 0 Å². The molecule has 1 fully saturated rings. The van der Waals surface area contributed by atoms with Gasteiger partial charge in [0.15, 0.2) is 0 Å². The van der Waals surface area contributed by atoms with Crippen LogP contribution in [0, 0.1) is 0 Å². The first kappa shape index (κ1) is 17.2. The second-order valence-electron chi connectivity index (χ2n) is 8.04. The summed E-state index contributed by atoms with van der Waals surface area (Å²) in [5.74, 6) is 0. The fraction of sp³-hybridized carbons (Fsp3) is 0.500. The summed E-state index contributed by atoms with van der Waals surface area (Å²) in [5, 5.41) is 0. The molecule has 2 aliphatic carbocycles. The van der Waals surface area contributed by atoms with Crippen molar-refractivity contribution in [2.45, 2.75) is 69.2 Å². The molecular weight excluding hydrogens is 351 g/mol. The molecule has 2 nitrogen and oxygen atoms in total. The highest BCUT2D eigenvalue weighted by molar-refractivity contribution is 5.50. The van der Waals surface area contributed by atoms with Crippen LogP contribution >= 0.6 is 0 Å². The number of benzene rings is 1. The van der Waals surface area contributed by atoms with Crippen molar-refractivity contribution < 1.29 is 17.9 Å². The van der Waals surface area contributed by atoms with Gasteiger partial charge in [0.1, 0.15) is 6.10 Å². The topological polar surface area (TPSA) is 22.1 Å². The Bertz CT molecular complexity index is 884. The van der Waals surface area contributed by atoms with Crippen LogP contribution in [0.1, 0.15) is 78.1 Å². The van der Waals surface area contributed by atoms with Crippen molar-refractivity contribution in [3.8, 4) is 0 Å². The molecule has 27 heavy (non-hydrogen) atoms. The first-order valence-electron chi connectivity index (χ1n) is 9.84. The van der Waals surface area contributed by atoms with E-state index in [9.17, 15) is 13.2 Å². The van der Waals surface area contributed by atoms with Gasteiger partial charge in [-0.1, -0.05) is 25.0 Å². The van der Waals surface area contributed by atoms with Crippen molar-refractivity contribution in [2.75, 3.05) is 0 Å². The van der Waals surface area contributed by atoms with Crippen LogP contribution in [0.4, 0.5) is 13.2 Å². The maximum Gasteiger partial charge on any atom is 0.416 e. The van der Waals surface area contributed by atoms with Crippen LogP contribution in [-0.4, -0.2) is 4.98 Å². The zero-order valence-electron chi connectivity index (χ0n) is 15.1. The second-order valence-corrected chi connectivity index (χ2v) is 8.04. The Morgan fingerprint density at radius 1 is 1.04 bits per heavy atom. The molecule has 1 aromatic heterocycles. The summed E-state index contributed by atoms with van der Waals surface area (Å²) in [5.41, 5.74) is 4.34. The van der Waals surface area contributed by atoms with Crippen molar-refractivity contribution in [1.29, 1.82) is 0 Å². The summed E-state index contributed by atoms with van der Waals surface area (Å²) in [6.07, 6.45) is 5.47. The van der Waals surface area contributed by atoms with E-state index in [2.05, 4.69) is 0 Å². The minimum absolute atomic E-state index is 0.335. The SMILES string of the molecule is FC(F)(F)c1cccc(C2OC3(CCCC3)c3c2cnc2c3CCCC2)c1. The molecule has 1 aromatic carbocycles. The number of nitrogens with zero attached hydrogens (tertiary/aromatic N) is 1. The molecule has 1 saturated carbocycles. The zero-order chi connectivity index (χ0) is 18.6. The molecule has 5 rings (SSSR count). The summed E-state index contributed by atoms with van der Waals surface area (Å²) in [7, 11) is 0. The fourth-order valence-electron chi connectivity index (χ4n) is 5.21. The van der Waals surface area contributed by atoms with E-state index in [-0.39, 0.29) is 5.60 Å². The highest BCUT2D eigenvalue weighted by Crippen LogP contribution is 2.56. The highest BCUT2D eigenvalue weighted by Gasteiger charge is 2.49. The van der Waals surface area contributed by atoms with Gasteiger partial charge in [0.05, 0.1) is 11.2 Å². The van der Waals surface area contributed by atoms with E-state index in [0.717, 1.165) is 63.0 Å². The Labute approximate surface area is 156 Å². The number of hydrogen-bond donors (Lipinski definition) is 0. The van der Waals surface area contributed by atoms with E-state index >= 15 is 0 Å². The Balaban J connectivity index is 1.66. The smallest absolute Gasteiger partial charge is 0.358 e. The molecule has 3 aliphatic rings. The van der Waals surface area contributed by atoms with Crippen LogP contribution in [0.25, 0.3) is 0 Å². The summed E-state index contributed by atoms with van der Waals surface area (Å²) >= 11 is 0. The molecule has 0 amide bonds. The van der Waals surface area contributed by atoms with Crippen LogP contribution in [0.15, 0.2) is 30.5 Å². The fourth-order valence-corrected chi connectivity index (χ4v) is 5.21. The van der Waals surface area contributed by atoms with Crippen molar-refractivity contribution in [3.05, 3.63) is 64.0 Å². The number of ether oxygens (including phenoxy) is 1. The number of aryl methyl sites for hydroxylation is 1. The van der Waals surface area contributed by atoms with Gasteiger partial charge in [0.25, 0.3) is 0 Å². The third-order valence-electron chi connectivity index (χ3n) is 6.40. The van der Waals surface area contributed by atoms with E-state index in [1.54, 1.807) is 6.07 Å². The van der Waals surface area contributed by atoms with Gasteiger partial charge in [-0.15, -0.1) is 0 Å². The van der Waals surface area contributed by atoms with E-state index in [0.29, 0.717) is 5.56 Å². The Hall–Kier alpha value is -1.88. The predicted molar refractivity (Wildman–Crippen MR) is 95.4 cm³/mol. The van der Waals surface area contributed by atoms with Crippen LogP contribution in [0.2, 0.25) is 0 Å². The van der Waals surface area contributed by atoms with Gasteiger partial charge in [0, 0.05) is 17.5 Å². The lowest BCUT2D eigenvalue weighted by Gasteiger charge is -2.29. The van der Waals surface area contributed by atoms with Gasteiger partial charge in [-0.2, -0.15) is 13.2 Å². The lowest BCUT2D eigenvalue weighted by Crippen LogP contribution is -2.24. The van der Waals surface area contributed by atoms with Crippen LogP contribution in [0.3, 0.4) is 0 Å². The van der Waals surface area contributed by atoms with E-state index in [1.165, 1.54) is 29.0 Å². The molecule has 2 heterocycles. The number of fused-ring (bicyclic) bond motifs is 4. The standard InChI is InChI=1S/C22H22F3NO/c23-22(24,25)15-7-5-6-14(12-15)20-17-13-26-18-9-2-1-8-16(18)19(17)21(27-20)10-3-4-11-21/h5-7,12-13,20H,1-4,8-11H2. The number of rotatable bonds is 1. The van der Waals surface area contributed by atoms with Gasteiger partial charge >= 0.3 is 6.18 Å². The minimum Gasteiger partial charge on any atom is -0.358 e. The average molecular weight is 373 g/mol. The van der Waals surface area contributed by atoms with Gasteiger partial charge in [-0.3, -0.25) is 4.98 Å². The van der Waals surface area contributed by atoms with Crippen molar-refractivity contribution in [1.82, 2.24) is 4.98 Å². The third kappa shape index (κ3) is 2.70. The predicted octanol–water partition coefficient (Wildman–Crippen LogP) is 5.87. The lowest BCUT2D eigenvalue weighted by molar-refractivity contribution is -0.137. The Kier molecular flexibility index (Phi) is 3.87. The van der Waals surface area contributed by atoms with Crippen LogP contribution in [0.5, 0.6) is 0 Å². The lowest BCUT2D eigenvalue weighted by atomic mass is 9.81. The van der Waals surface area contributed by atoms with Gasteiger partial charge in [0.2, 0.25) is 0 Å². The first-order chi connectivity index (χ1) is 13.0. The number of aromatic nitrogens is 1. The van der Waals surface area contributed by atoms with Gasteiger partial charge < -0.3 is 4.74 Å². The summed E-state index contributed by atoms with van der Waals surface area (Å²) in [6, 6.07) is 5.58. The van der Waals surface area contributed by atoms with Crippen LogP contribution in [-0.2, 0) is 29.4 Å². The second kappa shape index (κ2) is 6.06. The first-order valence-corrected chi connectivity index (χ1v) is 9.84. The summed E-state index contributed by atoms with van der Waals surface area (Å²) < 4.78 is 46.2. The molecule has 1 spiro atoms. The average Bonchev–Trinajstić information content (AvgIpc) is 3.27. The molecule has 1 unspecified atom stereocenters. The maximum atomic E-state index is 13.2. The highest BCUT2D eigenvalue weighted by atomic mass is 19.4. The maximum absolute atomic E-state index is 13.2. The quantitative estimate of drug-likeness (QED) is 0.624. The van der Waals surface area contributed by atoms with E-state index in [4.69, 9.17) is 9.72 Å². The summed E-state index contributed by atoms with van der Waals surface area (Å²) in [6.45, 7) is 0. The number of halogens is 3. The molecule has 0 N–H and O–H groups in total. The largest absolute Gasteiger partial charge is 0.416 e. The van der Waals surface area contributed by atoms with Crippen molar-refractivity contribution in [2.24, 2.45) is 0 Å². The molecule has 1 aliphatic heterocycles. The molecule has 5 heteroatoms. The number of hydrogen-bond acceptors (Lipinski definition) is 2. The monoisotopic (exact) mass is 373 g/mol. The normalized spacial score (nSPS) is 23.4. The Morgan fingerprint density at radius 3 is 2.59 bits per heavy atom. The number of pyridine rings is 1. The zero-order valence-corrected chi connectivity index (χ0v) is 15.1. The third-order valence-corrected chi connectivity index (χ3v) is 6.40. The van der Waals surface area contributed by atoms with E-state index < -0.39 is 17.8 Å². The number of alkyl halides is 3.